The minimum atomic E-state index is 0.772. The Morgan fingerprint density at radius 3 is 2.58 bits per heavy atom. The Bertz CT molecular complexity index is 532. The van der Waals surface area contributed by atoms with Crippen LogP contribution in [0.1, 0.15) is 25.1 Å². The fourth-order valence-corrected chi connectivity index (χ4v) is 2.06. The van der Waals surface area contributed by atoms with Crippen LogP contribution in [0.2, 0.25) is 0 Å². The fourth-order valence-electron chi connectivity index (χ4n) is 2.06. The highest BCUT2D eigenvalue weighted by molar-refractivity contribution is 5.54. The van der Waals surface area contributed by atoms with Crippen LogP contribution in [0.3, 0.4) is 0 Å². The Labute approximate surface area is 114 Å². The molecule has 5 nitrogen and oxygen atoms in total. The maximum absolute atomic E-state index is 4.44. The van der Waals surface area contributed by atoms with Crippen molar-refractivity contribution in [2.75, 3.05) is 17.2 Å². The smallest absolute Gasteiger partial charge is 0.0671 e. The van der Waals surface area contributed by atoms with E-state index >= 15 is 0 Å². The summed E-state index contributed by atoms with van der Waals surface area (Å²) in [6.45, 7) is 5.87. The summed E-state index contributed by atoms with van der Waals surface area (Å²) in [6, 6.07) is 2.07. The molecule has 0 spiro atoms. The van der Waals surface area contributed by atoms with Crippen LogP contribution in [0.4, 0.5) is 11.4 Å². The number of nitrogens with zero attached hydrogens (tertiary/aromatic N) is 3. The van der Waals surface area contributed by atoms with Crippen molar-refractivity contribution in [2.24, 2.45) is 7.05 Å². The zero-order chi connectivity index (χ0) is 13.7. The molecule has 0 atom stereocenters. The molecule has 2 rings (SSSR count). The van der Waals surface area contributed by atoms with Crippen LogP contribution in [0.5, 0.6) is 0 Å². The van der Waals surface area contributed by atoms with E-state index in [1.54, 1.807) is 0 Å². The molecule has 19 heavy (non-hydrogen) atoms. The minimum absolute atomic E-state index is 0.772. The average Bonchev–Trinajstić information content (AvgIpc) is 2.78. The topological polar surface area (TPSA) is 54.8 Å². The first-order valence-corrected chi connectivity index (χ1v) is 6.67. The highest BCUT2D eigenvalue weighted by Crippen LogP contribution is 2.15. The molecule has 0 saturated heterocycles. The molecule has 0 unspecified atom stereocenters. The third-order valence-electron chi connectivity index (χ3n) is 2.93. The molecule has 102 valence electrons. The third-order valence-corrected chi connectivity index (χ3v) is 2.93. The lowest BCUT2D eigenvalue weighted by Gasteiger charge is -2.08. The van der Waals surface area contributed by atoms with Gasteiger partial charge in [0.15, 0.2) is 0 Å². The van der Waals surface area contributed by atoms with Crippen LogP contribution in [-0.4, -0.2) is 21.3 Å². The first kappa shape index (κ1) is 13.4. The summed E-state index contributed by atoms with van der Waals surface area (Å²) < 4.78 is 1.86. The van der Waals surface area contributed by atoms with Crippen molar-refractivity contribution in [1.29, 1.82) is 0 Å². The molecular formula is C14H21N5. The number of aromatic nitrogens is 3. The standard InChI is InChI=1S/C14H21N5/c1-4-14-11(10-19(3)18-14)7-17-13-6-12(16-5-2)8-15-9-13/h6,8-10,16-17H,4-5,7H2,1-3H3. The monoisotopic (exact) mass is 259 g/mol. The summed E-state index contributed by atoms with van der Waals surface area (Å²) in [7, 11) is 1.95. The van der Waals surface area contributed by atoms with E-state index in [9.17, 15) is 0 Å². The van der Waals surface area contributed by atoms with E-state index in [1.165, 1.54) is 5.56 Å². The van der Waals surface area contributed by atoms with E-state index in [4.69, 9.17) is 0 Å². The number of anilines is 2. The van der Waals surface area contributed by atoms with Gasteiger partial charge in [-0.3, -0.25) is 9.67 Å². The molecule has 0 aliphatic carbocycles. The molecule has 2 heterocycles. The Balaban J connectivity index is 2.03. The number of hydrogen-bond donors (Lipinski definition) is 2. The second-order valence-electron chi connectivity index (χ2n) is 4.47. The first-order chi connectivity index (χ1) is 9.22. The van der Waals surface area contributed by atoms with Gasteiger partial charge in [-0.1, -0.05) is 6.92 Å². The van der Waals surface area contributed by atoms with Gasteiger partial charge >= 0.3 is 0 Å². The van der Waals surface area contributed by atoms with Crippen LogP contribution in [-0.2, 0) is 20.0 Å². The van der Waals surface area contributed by atoms with Gasteiger partial charge in [0.05, 0.1) is 29.5 Å². The largest absolute Gasteiger partial charge is 0.384 e. The number of rotatable bonds is 6. The third kappa shape index (κ3) is 3.47. The van der Waals surface area contributed by atoms with Gasteiger partial charge in [0.25, 0.3) is 0 Å². The number of nitrogens with one attached hydrogen (secondary N) is 2. The predicted molar refractivity (Wildman–Crippen MR) is 78.3 cm³/mol. The second kappa shape index (κ2) is 6.22. The van der Waals surface area contributed by atoms with Crippen molar-refractivity contribution in [1.82, 2.24) is 14.8 Å². The Morgan fingerprint density at radius 2 is 1.89 bits per heavy atom. The maximum atomic E-state index is 4.44. The van der Waals surface area contributed by atoms with E-state index in [0.717, 1.165) is 36.6 Å². The van der Waals surface area contributed by atoms with Gasteiger partial charge in [0, 0.05) is 31.9 Å². The molecule has 0 fully saturated rings. The Hall–Kier alpha value is -2.04. The number of hydrogen-bond acceptors (Lipinski definition) is 4. The highest BCUT2D eigenvalue weighted by Gasteiger charge is 2.05. The molecule has 0 bridgehead atoms. The first-order valence-electron chi connectivity index (χ1n) is 6.67. The Morgan fingerprint density at radius 1 is 1.16 bits per heavy atom. The molecular weight excluding hydrogens is 238 g/mol. The summed E-state index contributed by atoms with van der Waals surface area (Å²) in [5.41, 5.74) is 4.43. The zero-order valence-corrected chi connectivity index (χ0v) is 11.8. The van der Waals surface area contributed by atoms with Crippen molar-refractivity contribution >= 4 is 11.4 Å². The molecule has 0 radical (unpaired) electrons. The SMILES string of the molecule is CCNc1cncc(NCc2cn(C)nc2CC)c1. The van der Waals surface area contributed by atoms with Crippen molar-refractivity contribution in [3.05, 3.63) is 35.9 Å². The molecule has 0 aliphatic rings. The lowest BCUT2D eigenvalue weighted by Crippen LogP contribution is -2.03. The van der Waals surface area contributed by atoms with Gasteiger partial charge in [0.2, 0.25) is 0 Å². The molecule has 0 aromatic carbocycles. The number of aryl methyl sites for hydroxylation is 2. The second-order valence-corrected chi connectivity index (χ2v) is 4.47. The molecule has 2 aromatic rings. The minimum Gasteiger partial charge on any atom is -0.384 e. The van der Waals surface area contributed by atoms with E-state index in [1.807, 2.05) is 24.1 Å². The normalized spacial score (nSPS) is 10.5. The van der Waals surface area contributed by atoms with Crippen LogP contribution in [0.15, 0.2) is 24.7 Å². The van der Waals surface area contributed by atoms with E-state index < -0.39 is 0 Å². The maximum Gasteiger partial charge on any atom is 0.0671 e. The lowest BCUT2D eigenvalue weighted by molar-refractivity contribution is 0.746. The lowest BCUT2D eigenvalue weighted by atomic mass is 10.2. The highest BCUT2D eigenvalue weighted by atomic mass is 15.3. The van der Waals surface area contributed by atoms with Gasteiger partial charge in [-0.2, -0.15) is 5.10 Å². The van der Waals surface area contributed by atoms with Gasteiger partial charge < -0.3 is 10.6 Å². The zero-order valence-electron chi connectivity index (χ0n) is 11.8. The van der Waals surface area contributed by atoms with Gasteiger partial charge in [-0.05, 0) is 19.4 Å². The van der Waals surface area contributed by atoms with Gasteiger partial charge in [0.1, 0.15) is 0 Å². The fraction of sp³-hybridized carbons (Fsp3) is 0.429. The Kier molecular flexibility index (Phi) is 4.39. The predicted octanol–water partition coefficient (Wildman–Crippen LogP) is 2.42. The van der Waals surface area contributed by atoms with E-state index in [0.29, 0.717) is 0 Å². The van der Waals surface area contributed by atoms with Crippen LogP contribution >= 0.6 is 0 Å². The van der Waals surface area contributed by atoms with Crippen LogP contribution in [0, 0.1) is 0 Å². The van der Waals surface area contributed by atoms with Crippen molar-refractivity contribution in [2.45, 2.75) is 26.8 Å². The van der Waals surface area contributed by atoms with Crippen LogP contribution in [0.25, 0.3) is 0 Å². The van der Waals surface area contributed by atoms with E-state index in [-0.39, 0.29) is 0 Å². The molecule has 0 aliphatic heterocycles. The van der Waals surface area contributed by atoms with Crippen molar-refractivity contribution < 1.29 is 0 Å². The van der Waals surface area contributed by atoms with Crippen molar-refractivity contribution in [3.8, 4) is 0 Å². The molecule has 5 heteroatoms. The van der Waals surface area contributed by atoms with Gasteiger partial charge in [-0.15, -0.1) is 0 Å². The van der Waals surface area contributed by atoms with Gasteiger partial charge in [-0.25, -0.2) is 0 Å². The summed E-state index contributed by atoms with van der Waals surface area (Å²) in [6.07, 6.45) is 6.68. The van der Waals surface area contributed by atoms with Crippen molar-refractivity contribution in [3.63, 3.8) is 0 Å². The summed E-state index contributed by atoms with van der Waals surface area (Å²) in [5.74, 6) is 0. The molecule has 2 N–H and O–H groups in total. The summed E-state index contributed by atoms with van der Waals surface area (Å²) in [4.78, 5) is 4.22. The molecule has 0 amide bonds. The molecule has 2 aromatic heterocycles. The quantitative estimate of drug-likeness (QED) is 0.836. The average molecular weight is 259 g/mol. The van der Waals surface area contributed by atoms with Crippen LogP contribution < -0.4 is 10.6 Å². The molecule has 0 saturated carbocycles. The number of pyridine rings is 1. The summed E-state index contributed by atoms with van der Waals surface area (Å²) in [5, 5.41) is 11.1. The summed E-state index contributed by atoms with van der Waals surface area (Å²) >= 11 is 0. The van der Waals surface area contributed by atoms with E-state index in [2.05, 4.69) is 46.8 Å².